The summed E-state index contributed by atoms with van der Waals surface area (Å²) in [4.78, 5) is 2.30. The molecule has 0 saturated heterocycles. The van der Waals surface area contributed by atoms with Gasteiger partial charge in [-0.3, -0.25) is 4.90 Å². The van der Waals surface area contributed by atoms with E-state index in [0.717, 1.165) is 42.2 Å². The van der Waals surface area contributed by atoms with Crippen molar-refractivity contribution in [1.29, 1.82) is 0 Å². The third-order valence-corrected chi connectivity index (χ3v) is 3.90. The summed E-state index contributed by atoms with van der Waals surface area (Å²) in [6, 6.07) is 10.6. The fraction of sp³-hybridized carbons (Fsp3) is 0.412. The second-order valence-corrected chi connectivity index (χ2v) is 6.29. The van der Waals surface area contributed by atoms with Crippen molar-refractivity contribution in [3.05, 3.63) is 57.5 Å². The summed E-state index contributed by atoms with van der Waals surface area (Å²) in [6.07, 6.45) is 0. The number of hydrogen-bond donors (Lipinski definition) is 1. The zero-order chi connectivity index (χ0) is 15.2. The summed E-state index contributed by atoms with van der Waals surface area (Å²) < 4.78 is 6.92. The monoisotopic (exact) mass is 350 g/mol. The minimum absolute atomic E-state index is 0.798. The molecule has 1 heterocycles. The van der Waals surface area contributed by atoms with Crippen LogP contribution in [0.3, 0.4) is 0 Å². The molecule has 0 unspecified atom stereocenters. The van der Waals surface area contributed by atoms with E-state index >= 15 is 0 Å². The van der Waals surface area contributed by atoms with E-state index in [1.807, 2.05) is 6.92 Å². The van der Waals surface area contributed by atoms with Gasteiger partial charge in [0.25, 0.3) is 0 Å². The Labute approximate surface area is 135 Å². The number of benzene rings is 1. The predicted molar refractivity (Wildman–Crippen MR) is 90.1 cm³/mol. The SMILES string of the molecule is CCNCc1cc(CN(C)Cc2cccc(Br)c2)c(C)o1. The van der Waals surface area contributed by atoms with Gasteiger partial charge in [0.15, 0.2) is 0 Å². The van der Waals surface area contributed by atoms with Gasteiger partial charge in [0.05, 0.1) is 6.54 Å². The van der Waals surface area contributed by atoms with Crippen molar-refractivity contribution in [2.45, 2.75) is 33.5 Å². The second kappa shape index (κ2) is 7.78. The van der Waals surface area contributed by atoms with E-state index in [0.29, 0.717) is 0 Å². The van der Waals surface area contributed by atoms with Gasteiger partial charge in [-0.1, -0.05) is 35.0 Å². The normalized spacial score (nSPS) is 11.3. The molecule has 0 aliphatic rings. The molecule has 1 N–H and O–H groups in total. The van der Waals surface area contributed by atoms with Crippen LogP contribution in [0.25, 0.3) is 0 Å². The molecule has 1 aromatic heterocycles. The Morgan fingerprint density at radius 2 is 2.05 bits per heavy atom. The molecule has 3 nitrogen and oxygen atoms in total. The maximum absolute atomic E-state index is 5.79. The Bertz CT molecular complexity index is 580. The molecule has 2 aromatic rings. The van der Waals surface area contributed by atoms with Crippen LogP contribution in [0.4, 0.5) is 0 Å². The molecule has 21 heavy (non-hydrogen) atoms. The molecule has 0 fully saturated rings. The van der Waals surface area contributed by atoms with Crippen molar-refractivity contribution in [2.75, 3.05) is 13.6 Å². The van der Waals surface area contributed by atoms with Crippen LogP contribution >= 0.6 is 15.9 Å². The molecule has 0 aliphatic heterocycles. The highest BCUT2D eigenvalue weighted by molar-refractivity contribution is 9.10. The predicted octanol–water partition coefficient (Wildman–Crippen LogP) is 4.09. The molecule has 0 saturated carbocycles. The lowest BCUT2D eigenvalue weighted by Crippen LogP contribution is -2.17. The van der Waals surface area contributed by atoms with Gasteiger partial charge in [-0.25, -0.2) is 0 Å². The number of nitrogens with one attached hydrogen (secondary N) is 1. The Hall–Kier alpha value is -1.10. The van der Waals surface area contributed by atoms with Crippen molar-refractivity contribution in [1.82, 2.24) is 10.2 Å². The van der Waals surface area contributed by atoms with E-state index in [1.54, 1.807) is 0 Å². The van der Waals surface area contributed by atoms with Gasteiger partial charge < -0.3 is 9.73 Å². The van der Waals surface area contributed by atoms with E-state index in [-0.39, 0.29) is 0 Å². The van der Waals surface area contributed by atoms with Crippen LogP contribution in [0.15, 0.2) is 39.2 Å². The Balaban J connectivity index is 1.96. The highest BCUT2D eigenvalue weighted by Gasteiger charge is 2.10. The Morgan fingerprint density at radius 1 is 1.24 bits per heavy atom. The lowest BCUT2D eigenvalue weighted by Gasteiger charge is -2.16. The topological polar surface area (TPSA) is 28.4 Å². The van der Waals surface area contributed by atoms with Crippen molar-refractivity contribution in [2.24, 2.45) is 0 Å². The highest BCUT2D eigenvalue weighted by atomic mass is 79.9. The third-order valence-electron chi connectivity index (χ3n) is 3.40. The van der Waals surface area contributed by atoms with Crippen LogP contribution in [-0.2, 0) is 19.6 Å². The van der Waals surface area contributed by atoms with E-state index in [4.69, 9.17) is 4.42 Å². The van der Waals surface area contributed by atoms with Crippen LogP contribution in [-0.4, -0.2) is 18.5 Å². The van der Waals surface area contributed by atoms with Crippen molar-refractivity contribution < 1.29 is 4.42 Å². The summed E-state index contributed by atoms with van der Waals surface area (Å²) in [5.41, 5.74) is 2.57. The minimum Gasteiger partial charge on any atom is -0.465 e. The van der Waals surface area contributed by atoms with Crippen LogP contribution in [0, 0.1) is 6.92 Å². The molecule has 0 radical (unpaired) electrons. The number of halogens is 1. The number of aryl methyl sites for hydroxylation is 1. The van der Waals surface area contributed by atoms with Crippen LogP contribution < -0.4 is 5.32 Å². The second-order valence-electron chi connectivity index (χ2n) is 5.38. The molecule has 114 valence electrons. The first-order valence-corrected chi connectivity index (χ1v) is 8.09. The smallest absolute Gasteiger partial charge is 0.118 e. The standard InChI is InChI=1S/C17H23BrN2O/c1-4-19-10-17-9-15(13(2)21-17)12-20(3)11-14-6-5-7-16(18)8-14/h5-9,19H,4,10-12H2,1-3H3. The molecule has 4 heteroatoms. The van der Waals surface area contributed by atoms with Gasteiger partial charge in [-0.05, 0) is 44.3 Å². The highest BCUT2D eigenvalue weighted by Crippen LogP contribution is 2.18. The summed E-state index contributed by atoms with van der Waals surface area (Å²) in [5.74, 6) is 2.03. The van der Waals surface area contributed by atoms with Gasteiger partial charge in [0.2, 0.25) is 0 Å². The first-order chi connectivity index (χ1) is 10.1. The molecule has 2 rings (SSSR count). The van der Waals surface area contributed by atoms with Gasteiger partial charge in [0, 0.05) is 23.1 Å². The number of nitrogens with zero attached hydrogens (tertiary/aromatic N) is 1. The Morgan fingerprint density at radius 3 is 2.76 bits per heavy atom. The Kier molecular flexibility index (Phi) is 6.03. The third kappa shape index (κ3) is 4.99. The van der Waals surface area contributed by atoms with Gasteiger partial charge in [0.1, 0.15) is 11.5 Å². The molecular formula is C17H23BrN2O. The molecular weight excluding hydrogens is 328 g/mol. The molecule has 0 aliphatic carbocycles. The zero-order valence-electron chi connectivity index (χ0n) is 12.9. The summed E-state index contributed by atoms with van der Waals surface area (Å²) in [7, 11) is 2.14. The summed E-state index contributed by atoms with van der Waals surface area (Å²) >= 11 is 3.52. The van der Waals surface area contributed by atoms with E-state index in [9.17, 15) is 0 Å². The van der Waals surface area contributed by atoms with Crippen LogP contribution in [0.5, 0.6) is 0 Å². The van der Waals surface area contributed by atoms with E-state index < -0.39 is 0 Å². The zero-order valence-corrected chi connectivity index (χ0v) is 14.5. The average molecular weight is 351 g/mol. The van der Waals surface area contributed by atoms with Gasteiger partial charge in [-0.2, -0.15) is 0 Å². The fourth-order valence-electron chi connectivity index (χ4n) is 2.37. The quantitative estimate of drug-likeness (QED) is 0.814. The first kappa shape index (κ1) is 16.3. The van der Waals surface area contributed by atoms with Crippen molar-refractivity contribution in [3.8, 4) is 0 Å². The van der Waals surface area contributed by atoms with Gasteiger partial charge in [-0.15, -0.1) is 0 Å². The van der Waals surface area contributed by atoms with E-state index in [1.165, 1.54) is 11.1 Å². The number of rotatable bonds is 7. The lowest BCUT2D eigenvalue weighted by atomic mass is 10.2. The van der Waals surface area contributed by atoms with Gasteiger partial charge >= 0.3 is 0 Å². The maximum Gasteiger partial charge on any atom is 0.118 e. The number of furan rings is 1. The largest absolute Gasteiger partial charge is 0.465 e. The molecule has 1 aromatic carbocycles. The fourth-order valence-corrected chi connectivity index (χ4v) is 2.82. The molecule has 0 atom stereocenters. The molecule has 0 amide bonds. The maximum atomic E-state index is 5.79. The van der Waals surface area contributed by atoms with Crippen molar-refractivity contribution >= 4 is 15.9 Å². The number of hydrogen-bond acceptors (Lipinski definition) is 3. The molecule has 0 spiro atoms. The lowest BCUT2D eigenvalue weighted by molar-refractivity contribution is 0.316. The average Bonchev–Trinajstić information content (AvgIpc) is 2.77. The summed E-state index contributed by atoms with van der Waals surface area (Å²) in [6.45, 7) is 7.71. The minimum atomic E-state index is 0.798. The van der Waals surface area contributed by atoms with E-state index in [2.05, 4.69) is 70.4 Å². The van der Waals surface area contributed by atoms with Crippen LogP contribution in [0.1, 0.15) is 29.6 Å². The van der Waals surface area contributed by atoms with Crippen LogP contribution in [0.2, 0.25) is 0 Å². The summed E-state index contributed by atoms with van der Waals surface area (Å²) in [5, 5.41) is 3.29. The van der Waals surface area contributed by atoms with Crippen molar-refractivity contribution in [3.63, 3.8) is 0 Å². The molecule has 0 bridgehead atoms. The first-order valence-electron chi connectivity index (χ1n) is 7.30.